The molecule has 1 aromatic rings. The van der Waals surface area contributed by atoms with Crippen LogP contribution in [-0.4, -0.2) is 38.0 Å². The van der Waals surface area contributed by atoms with Gasteiger partial charge < -0.3 is 25.9 Å². The summed E-state index contributed by atoms with van der Waals surface area (Å²) in [5, 5.41) is 9.87. The Morgan fingerprint density at radius 3 is 2.92 bits per heavy atom. The first kappa shape index (κ1) is 18.5. The van der Waals surface area contributed by atoms with Crippen LogP contribution in [-0.2, 0) is 22.4 Å². The van der Waals surface area contributed by atoms with Gasteiger partial charge in [0.2, 0.25) is 0 Å². The monoisotopic (exact) mass is 357 g/mol. The normalized spacial score (nSPS) is 22.5. The van der Waals surface area contributed by atoms with Crippen LogP contribution < -0.4 is 15.8 Å². The van der Waals surface area contributed by atoms with Crippen molar-refractivity contribution in [2.24, 2.45) is 11.7 Å². The standard InChI is InChI=1S/C20H27N3O3/c21-9-17(10-22)20(24)23-11-19-6-4-14(13-26-19)12-25-18-7-5-15-2-1-3-16(15)8-18/h5,7-10,14,19,21H,1-4,6,11-13,22H2,(H,23,24). The van der Waals surface area contributed by atoms with Gasteiger partial charge in [-0.15, -0.1) is 0 Å². The van der Waals surface area contributed by atoms with E-state index in [1.807, 2.05) is 0 Å². The largest absolute Gasteiger partial charge is 0.493 e. The Hall–Kier alpha value is -2.34. The van der Waals surface area contributed by atoms with Crippen LogP contribution in [0.15, 0.2) is 30.0 Å². The molecule has 6 heteroatoms. The Labute approximate surface area is 154 Å². The van der Waals surface area contributed by atoms with Gasteiger partial charge in [0.25, 0.3) is 5.91 Å². The zero-order valence-electron chi connectivity index (χ0n) is 15.0. The highest BCUT2D eigenvalue weighted by Gasteiger charge is 2.23. The van der Waals surface area contributed by atoms with E-state index in [0.717, 1.165) is 37.4 Å². The number of ether oxygens (including phenoxy) is 2. The lowest BCUT2D eigenvalue weighted by atomic mass is 9.99. The van der Waals surface area contributed by atoms with Crippen molar-refractivity contribution in [3.63, 3.8) is 0 Å². The van der Waals surface area contributed by atoms with Gasteiger partial charge in [-0.2, -0.15) is 0 Å². The molecule has 1 aliphatic heterocycles. The Balaban J connectivity index is 1.37. The maximum Gasteiger partial charge on any atom is 0.254 e. The summed E-state index contributed by atoms with van der Waals surface area (Å²) in [7, 11) is 0. The summed E-state index contributed by atoms with van der Waals surface area (Å²) in [4.78, 5) is 11.8. The van der Waals surface area contributed by atoms with Gasteiger partial charge in [-0.25, -0.2) is 0 Å². The predicted octanol–water partition coefficient (Wildman–Crippen LogP) is 1.96. The third kappa shape index (κ3) is 4.64. The van der Waals surface area contributed by atoms with Gasteiger partial charge in [0, 0.05) is 24.9 Å². The third-order valence-electron chi connectivity index (χ3n) is 5.11. The van der Waals surface area contributed by atoms with Crippen molar-refractivity contribution < 1.29 is 14.3 Å². The number of fused-ring (bicyclic) bond motifs is 1. The Kier molecular flexibility index (Phi) is 6.28. The van der Waals surface area contributed by atoms with E-state index in [9.17, 15) is 4.79 Å². The van der Waals surface area contributed by atoms with Gasteiger partial charge in [-0.3, -0.25) is 4.79 Å². The number of hydrogen-bond acceptors (Lipinski definition) is 5. The average Bonchev–Trinajstić information content (AvgIpc) is 3.14. The molecular weight excluding hydrogens is 330 g/mol. The molecule has 6 nitrogen and oxygen atoms in total. The lowest BCUT2D eigenvalue weighted by molar-refractivity contribution is -0.118. The van der Waals surface area contributed by atoms with Gasteiger partial charge in [0.05, 0.1) is 24.9 Å². The molecule has 2 unspecified atom stereocenters. The number of aryl methyl sites for hydroxylation is 2. The van der Waals surface area contributed by atoms with Crippen LogP contribution in [0.3, 0.4) is 0 Å². The average molecular weight is 357 g/mol. The van der Waals surface area contributed by atoms with E-state index in [0.29, 0.717) is 25.7 Å². The van der Waals surface area contributed by atoms with Crippen molar-refractivity contribution in [2.45, 2.75) is 38.2 Å². The third-order valence-corrected chi connectivity index (χ3v) is 5.11. The second-order valence-electron chi connectivity index (χ2n) is 6.97. The van der Waals surface area contributed by atoms with Crippen molar-refractivity contribution >= 4 is 12.1 Å². The lowest BCUT2D eigenvalue weighted by Gasteiger charge is -2.29. The Bertz CT molecular complexity index is 679. The number of nitrogens with two attached hydrogens (primary N) is 1. The minimum absolute atomic E-state index is 0.0000438. The topological polar surface area (TPSA) is 97.4 Å². The summed E-state index contributed by atoms with van der Waals surface area (Å²) in [6, 6.07) is 6.43. The van der Waals surface area contributed by atoms with E-state index in [2.05, 4.69) is 23.5 Å². The van der Waals surface area contributed by atoms with Crippen LogP contribution in [0.5, 0.6) is 5.75 Å². The molecule has 4 N–H and O–H groups in total. The highest BCUT2D eigenvalue weighted by Crippen LogP contribution is 2.27. The Morgan fingerprint density at radius 2 is 2.19 bits per heavy atom. The summed E-state index contributed by atoms with van der Waals surface area (Å²) >= 11 is 0. The molecule has 1 amide bonds. The number of hydrogen-bond donors (Lipinski definition) is 3. The molecule has 140 valence electrons. The zero-order chi connectivity index (χ0) is 18.4. The lowest BCUT2D eigenvalue weighted by Crippen LogP contribution is -2.39. The van der Waals surface area contributed by atoms with Crippen LogP contribution in [0.25, 0.3) is 0 Å². The highest BCUT2D eigenvalue weighted by atomic mass is 16.5. The second-order valence-corrected chi connectivity index (χ2v) is 6.97. The Morgan fingerprint density at radius 1 is 1.35 bits per heavy atom. The van der Waals surface area contributed by atoms with Crippen LogP contribution in [0.2, 0.25) is 0 Å². The van der Waals surface area contributed by atoms with E-state index in [1.54, 1.807) is 0 Å². The van der Waals surface area contributed by atoms with E-state index in [4.69, 9.17) is 20.6 Å². The number of amides is 1. The van der Waals surface area contributed by atoms with E-state index >= 15 is 0 Å². The fourth-order valence-corrected chi connectivity index (χ4v) is 3.50. The summed E-state index contributed by atoms with van der Waals surface area (Å²) < 4.78 is 11.8. The van der Waals surface area contributed by atoms with Crippen molar-refractivity contribution in [1.29, 1.82) is 5.41 Å². The van der Waals surface area contributed by atoms with Gasteiger partial charge in [-0.05, 0) is 55.4 Å². The predicted molar refractivity (Wildman–Crippen MR) is 100 cm³/mol. The molecule has 2 aliphatic rings. The molecule has 1 heterocycles. The maximum atomic E-state index is 11.8. The molecule has 2 atom stereocenters. The van der Waals surface area contributed by atoms with E-state index in [1.165, 1.54) is 24.0 Å². The number of rotatable bonds is 7. The molecule has 1 aliphatic carbocycles. The summed E-state index contributed by atoms with van der Waals surface area (Å²) in [5.41, 5.74) is 8.34. The van der Waals surface area contributed by atoms with Gasteiger partial charge in [0.1, 0.15) is 5.75 Å². The molecule has 26 heavy (non-hydrogen) atoms. The second kappa shape index (κ2) is 8.85. The highest BCUT2D eigenvalue weighted by molar-refractivity contribution is 6.11. The van der Waals surface area contributed by atoms with Crippen molar-refractivity contribution in [1.82, 2.24) is 5.32 Å². The van der Waals surface area contributed by atoms with Crippen LogP contribution in [0.1, 0.15) is 30.4 Å². The fourth-order valence-electron chi connectivity index (χ4n) is 3.50. The number of nitrogens with one attached hydrogen (secondary N) is 2. The molecule has 1 fully saturated rings. The molecule has 0 saturated carbocycles. The summed E-state index contributed by atoms with van der Waals surface area (Å²) in [5.74, 6) is 0.984. The summed E-state index contributed by atoms with van der Waals surface area (Å²) in [6.07, 6.45) is 7.56. The maximum absolute atomic E-state index is 11.8. The molecule has 0 aromatic heterocycles. The molecule has 3 rings (SSSR count). The molecule has 1 saturated heterocycles. The number of carbonyl (C=O) groups is 1. The SMILES string of the molecule is N=CC(=CN)C(=O)NCC1CCC(COc2ccc3c(c2)CCC3)CO1. The summed E-state index contributed by atoms with van der Waals surface area (Å²) in [6.45, 7) is 1.73. The number of carbonyl (C=O) groups excluding carboxylic acids is 1. The first-order valence-corrected chi connectivity index (χ1v) is 9.26. The van der Waals surface area contributed by atoms with Crippen molar-refractivity contribution in [2.75, 3.05) is 19.8 Å². The first-order valence-electron chi connectivity index (χ1n) is 9.26. The van der Waals surface area contributed by atoms with Crippen LogP contribution in [0.4, 0.5) is 0 Å². The minimum atomic E-state index is -0.340. The van der Waals surface area contributed by atoms with E-state index in [-0.39, 0.29) is 17.6 Å². The van der Waals surface area contributed by atoms with Crippen molar-refractivity contribution in [3.8, 4) is 5.75 Å². The molecular formula is C20H27N3O3. The van der Waals surface area contributed by atoms with Gasteiger partial charge in [0.15, 0.2) is 0 Å². The molecule has 0 radical (unpaired) electrons. The van der Waals surface area contributed by atoms with Gasteiger partial charge >= 0.3 is 0 Å². The zero-order valence-corrected chi connectivity index (χ0v) is 15.0. The quantitative estimate of drug-likeness (QED) is 0.513. The van der Waals surface area contributed by atoms with Crippen LogP contribution >= 0.6 is 0 Å². The fraction of sp³-hybridized carbons (Fsp3) is 0.500. The molecule has 1 aromatic carbocycles. The van der Waals surface area contributed by atoms with Gasteiger partial charge in [-0.1, -0.05) is 6.07 Å². The van der Waals surface area contributed by atoms with Crippen LogP contribution in [0, 0.1) is 11.3 Å². The molecule has 0 bridgehead atoms. The van der Waals surface area contributed by atoms with Crippen molar-refractivity contribution in [3.05, 3.63) is 41.1 Å². The minimum Gasteiger partial charge on any atom is -0.493 e. The number of benzene rings is 1. The smallest absolute Gasteiger partial charge is 0.254 e. The van der Waals surface area contributed by atoms with E-state index < -0.39 is 0 Å². The first-order chi connectivity index (χ1) is 12.7. The molecule has 0 spiro atoms.